The fourth-order valence-corrected chi connectivity index (χ4v) is 5.16. The van der Waals surface area contributed by atoms with Crippen molar-refractivity contribution in [2.45, 2.75) is 20.0 Å². The number of likely N-dealkylation sites (N-methyl/N-ethyl adjacent to an activating group) is 1. The molecule has 3 aromatic carbocycles. The molecule has 1 aliphatic heterocycles. The van der Waals surface area contributed by atoms with Gasteiger partial charge < -0.3 is 14.2 Å². The van der Waals surface area contributed by atoms with E-state index in [4.69, 9.17) is 14.2 Å². The lowest BCUT2D eigenvalue weighted by molar-refractivity contribution is -0.384. The van der Waals surface area contributed by atoms with E-state index in [0.717, 1.165) is 22.6 Å². The van der Waals surface area contributed by atoms with Gasteiger partial charge in [-0.25, -0.2) is 4.99 Å². The van der Waals surface area contributed by atoms with E-state index >= 15 is 0 Å². The Balaban J connectivity index is 1.63. The zero-order valence-electron chi connectivity index (χ0n) is 22.5. The summed E-state index contributed by atoms with van der Waals surface area (Å²) in [6.07, 6.45) is 4.05. The maximum absolute atomic E-state index is 13.2. The second-order valence-corrected chi connectivity index (χ2v) is 9.68. The maximum Gasteiger partial charge on any atom is 0.269 e. The van der Waals surface area contributed by atoms with Crippen LogP contribution in [0.1, 0.15) is 23.6 Å². The van der Waals surface area contributed by atoms with Gasteiger partial charge in [0.1, 0.15) is 12.4 Å². The molecule has 1 fully saturated rings. The van der Waals surface area contributed by atoms with Gasteiger partial charge >= 0.3 is 0 Å². The molecular formula is C30H29N3O6S. The fraction of sp³-hybridized carbons (Fsp3) is 0.200. The molecule has 1 saturated heterocycles. The second-order valence-electron chi connectivity index (χ2n) is 8.67. The summed E-state index contributed by atoms with van der Waals surface area (Å²) in [5.74, 6) is 1.59. The number of hydrogen-bond acceptors (Lipinski definition) is 8. The Morgan fingerprint density at radius 2 is 1.88 bits per heavy atom. The number of nitro benzene ring substituents is 1. The van der Waals surface area contributed by atoms with Crippen LogP contribution in [0.15, 0.2) is 83.2 Å². The molecule has 0 spiro atoms. The van der Waals surface area contributed by atoms with Gasteiger partial charge in [-0.2, -0.15) is 0 Å². The molecule has 9 nitrogen and oxygen atoms in total. The summed E-state index contributed by atoms with van der Waals surface area (Å²) >= 11 is 1.31. The van der Waals surface area contributed by atoms with Crippen LogP contribution in [0.5, 0.6) is 17.2 Å². The van der Waals surface area contributed by atoms with Gasteiger partial charge in [-0.05, 0) is 78.7 Å². The molecule has 206 valence electrons. The topological polar surface area (TPSA) is 104 Å². The highest BCUT2D eigenvalue weighted by molar-refractivity contribution is 8.18. The quantitative estimate of drug-likeness (QED) is 0.114. The van der Waals surface area contributed by atoms with Crippen LogP contribution >= 0.6 is 11.8 Å². The first-order chi connectivity index (χ1) is 19.4. The van der Waals surface area contributed by atoms with Gasteiger partial charge in [-0.3, -0.25) is 19.8 Å². The number of aliphatic imine (C=N–C) groups is 1. The molecular weight excluding hydrogens is 530 g/mol. The number of carbonyl (C=O) groups excluding carboxylic acids is 1. The standard InChI is InChI=1S/C30H29N3O6S/c1-5-8-22-15-21(17-26(38-4)28(22)39-19-20-9-7-10-24(16-20)33(35)36)18-27-29(34)32(6-2)30(40-27)31-23-11-13-25(37-3)14-12-23/h5,7,9-18H,1,6,8,19H2,2-4H3/b27-18+,31-30?. The molecule has 4 rings (SSSR count). The normalized spacial score (nSPS) is 15.0. The predicted octanol–water partition coefficient (Wildman–Crippen LogP) is 6.54. The van der Waals surface area contributed by atoms with E-state index in [2.05, 4.69) is 11.6 Å². The number of amides is 1. The number of nitro groups is 1. The Morgan fingerprint density at radius 1 is 1.10 bits per heavy atom. The molecule has 1 aliphatic rings. The van der Waals surface area contributed by atoms with Crippen molar-refractivity contribution in [3.8, 4) is 17.2 Å². The maximum atomic E-state index is 13.2. The van der Waals surface area contributed by atoms with Crippen LogP contribution in [0.2, 0.25) is 0 Å². The van der Waals surface area contributed by atoms with E-state index < -0.39 is 4.92 Å². The lowest BCUT2D eigenvalue weighted by Crippen LogP contribution is -2.28. The molecule has 0 aliphatic carbocycles. The van der Waals surface area contributed by atoms with E-state index in [-0.39, 0.29) is 18.2 Å². The third kappa shape index (κ3) is 6.52. The average molecular weight is 560 g/mol. The van der Waals surface area contributed by atoms with Crippen molar-refractivity contribution in [1.82, 2.24) is 4.90 Å². The Kier molecular flexibility index (Phi) is 9.23. The molecule has 0 saturated carbocycles. The number of rotatable bonds is 11. The summed E-state index contributed by atoms with van der Waals surface area (Å²) in [4.78, 5) is 30.8. The SMILES string of the molecule is C=CCc1cc(/C=C2/SC(=Nc3ccc(OC)cc3)N(CC)C2=O)cc(OC)c1OCc1cccc([N+](=O)[O-])c1. The van der Waals surface area contributed by atoms with Crippen LogP contribution in [0.25, 0.3) is 6.08 Å². The number of allylic oxidation sites excluding steroid dienone is 1. The number of carbonyl (C=O) groups is 1. The smallest absolute Gasteiger partial charge is 0.269 e. The summed E-state index contributed by atoms with van der Waals surface area (Å²) in [6, 6.07) is 17.3. The van der Waals surface area contributed by atoms with Crippen LogP contribution < -0.4 is 14.2 Å². The lowest BCUT2D eigenvalue weighted by Gasteiger charge is -2.16. The lowest BCUT2D eigenvalue weighted by atomic mass is 10.0. The average Bonchev–Trinajstić information content (AvgIpc) is 3.25. The number of benzene rings is 3. The molecule has 0 atom stereocenters. The van der Waals surface area contributed by atoms with Gasteiger partial charge in [0, 0.05) is 24.2 Å². The molecule has 0 bridgehead atoms. The molecule has 0 aromatic heterocycles. The van der Waals surface area contributed by atoms with Gasteiger partial charge in [-0.1, -0.05) is 18.2 Å². The Labute approximate surface area is 236 Å². The number of ether oxygens (including phenoxy) is 3. The summed E-state index contributed by atoms with van der Waals surface area (Å²) in [5, 5.41) is 11.7. The zero-order valence-corrected chi connectivity index (χ0v) is 23.3. The predicted molar refractivity (Wildman–Crippen MR) is 157 cm³/mol. The van der Waals surface area contributed by atoms with Gasteiger partial charge in [0.05, 0.1) is 29.7 Å². The minimum Gasteiger partial charge on any atom is -0.497 e. The highest BCUT2D eigenvalue weighted by Crippen LogP contribution is 2.38. The van der Waals surface area contributed by atoms with Gasteiger partial charge in [0.25, 0.3) is 11.6 Å². The molecule has 1 heterocycles. The number of nitrogens with zero attached hydrogens (tertiary/aromatic N) is 3. The summed E-state index contributed by atoms with van der Waals surface area (Å²) in [6.45, 7) is 6.36. The minimum atomic E-state index is -0.440. The number of hydrogen-bond donors (Lipinski definition) is 0. The third-order valence-corrected chi connectivity index (χ3v) is 7.05. The van der Waals surface area contributed by atoms with E-state index in [9.17, 15) is 14.9 Å². The van der Waals surface area contributed by atoms with Crippen molar-refractivity contribution in [2.75, 3.05) is 20.8 Å². The molecule has 3 aromatic rings. The van der Waals surface area contributed by atoms with Crippen LogP contribution in [-0.4, -0.2) is 41.7 Å². The third-order valence-electron chi connectivity index (χ3n) is 6.04. The molecule has 40 heavy (non-hydrogen) atoms. The highest BCUT2D eigenvalue weighted by Gasteiger charge is 2.32. The van der Waals surface area contributed by atoms with Gasteiger partial charge in [0.2, 0.25) is 0 Å². The summed E-state index contributed by atoms with van der Waals surface area (Å²) < 4.78 is 16.9. The molecule has 0 N–H and O–H groups in total. The van der Waals surface area contributed by atoms with Crippen LogP contribution in [0.4, 0.5) is 11.4 Å². The Morgan fingerprint density at radius 3 is 2.52 bits per heavy atom. The second kappa shape index (κ2) is 13.0. The number of non-ortho nitro benzene ring substituents is 1. The largest absolute Gasteiger partial charge is 0.497 e. The van der Waals surface area contributed by atoms with Crippen molar-refractivity contribution < 1.29 is 23.9 Å². The van der Waals surface area contributed by atoms with Crippen LogP contribution in [-0.2, 0) is 17.8 Å². The molecule has 0 unspecified atom stereocenters. The van der Waals surface area contributed by atoms with Gasteiger partial charge in [0.15, 0.2) is 16.7 Å². The number of thioether (sulfide) groups is 1. The van der Waals surface area contributed by atoms with Crippen molar-refractivity contribution >= 4 is 40.3 Å². The van der Waals surface area contributed by atoms with Crippen molar-refractivity contribution in [2.24, 2.45) is 4.99 Å². The van der Waals surface area contributed by atoms with E-state index in [0.29, 0.717) is 40.1 Å². The fourth-order valence-electron chi connectivity index (χ4n) is 4.09. The Bertz CT molecular complexity index is 1480. The first-order valence-corrected chi connectivity index (χ1v) is 13.3. The zero-order chi connectivity index (χ0) is 28.6. The Hall–Kier alpha value is -4.57. The summed E-state index contributed by atoms with van der Waals surface area (Å²) in [7, 11) is 3.14. The summed E-state index contributed by atoms with van der Waals surface area (Å²) in [5.41, 5.74) is 2.94. The number of amidine groups is 1. The first kappa shape index (κ1) is 28.4. The van der Waals surface area contributed by atoms with Crippen LogP contribution in [0, 0.1) is 10.1 Å². The van der Waals surface area contributed by atoms with Crippen molar-refractivity contribution in [3.63, 3.8) is 0 Å². The highest BCUT2D eigenvalue weighted by atomic mass is 32.2. The van der Waals surface area contributed by atoms with E-state index in [1.807, 2.05) is 43.3 Å². The first-order valence-electron chi connectivity index (χ1n) is 12.5. The number of methoxy groups -OCH3 is 2. The van der Waals surface area contributed by atoms with Gasteiger partial charge in [-0.15, -0.1) is 6.58 Å². The van der Waals surface area contributed by atoms with Crippen molar-refractivity contribution in [3.05, 3.63) is 105 Å². The van der Waals surface area contributed by atoms with Crippen molar-refractivity contribution in [1.29, 1.82) is 0 Å². The minimum absolute atomic E-state index is 0.00361. The molecule has 1 amide bonds. The van der Waals surface area contributed by atoms with E-state index in [1.54, 1.807) is 36.3 Å². The monoisotopic (exact) mass is 559 g/mol. The van der Waals surface area contributed by atoms with E-state index in [1.165, 1.54) is 31.0 Å². The van der Waals surface area contributed by atoms with Crippen LogP contribution in [0.3, 0.4) is 0 Å². The molecule has 0 radical (unpaired) electrons. The molecule has 10 heteroatoms.